The quantitative estimate of drug-likeness (QED) is 0.601. The highest BCUT2D eigenvalue weighted by Crippen LogP contribution is 2.06. The van der Waals surface area contributed by atoms with Crippen molar-refractivity contribution in [2.45, 2.75) is 31.7 Å². The SMILES string of the molecule is CC(C)CCOCCNS(=O)(=O)c1cnn(CCN)c1. The summed E-state index contributed by atoms with van der Waals surface area (Å²) in [4.78, 5) is 0.146. The predicted molar refractivity (Wildman–Crippen MR) is 76.7 cm³/mol. The summed E-state index contributed by atoms with van der Waals surface area (Å²) >= 11 is 0. The molecule has 0 aromatic carbocycles. The van der Waals surface area contributed by atoms with Crippen molar-refractivity contribution < 1.29 is 13.2 Å². The molecule has 0 amide bonds. The van der Waals surface area contributed by atoms with E-state index < -0.39 is 10.0 Å². The minimum absolute atomic E-state index is 0.146. The van der Waals surface area contributed by atoms with Gasteiger partial charge in [-0.2, -0.15) is 5.10 Å². The molecule has 1 aromatic heterocycles. The average molecular weight is 304 g/mol. The van der Waals surface area contributed by atoms with E-state index in [2.05, 4.69) is 23.7 Å². The van der Waals surface area contributed by atoms with Crippen molar-refractivity contribution in [3.8, 4) is 0 Å². The molecule has 0 radical (unpaired) electrons. The molecular formula is C12H24N4O3S. The summed E-state index contributed by atoms with van der Waals surface area (Å²) in [6.45, 7) is 6.40. The van der Waals surface area contributed by atoms with Crippen LogP contribution in [0, 0.1) is 5.92 Å². The van der Waals surface area contributed by atoms with Crippen LogP contribution >= 0.6 is 0 Å². The Bertz CT molecular complexity index is 485. The molecule has 7 nitrogen and oxygen atoms in total. The first-order valence-corrected chi connectivity index (χ1v) is 8.24. The van der Waals surface area contributed by atoms with Crippen molar-refractivity contribution in [2.75, 3.05) is 26.3 Å². The van der Waals surface area contributed by atoms with Gasteiger partial charge in [-0.1, -0.05) is 13.8 Å². The van der Waals surface area contributed by atoms with Gasteiger partial charge in [0.2, 0.25) is 10.0 Å². The Morgan fingerprint density at radius 3 is 2.85 bits per heavy atom. The molecule has 0 aliphatic carbocycles. The fourth-order valence-electron chi connectivity index (χ4n) is 1.49. The van der Waals surface area contributed by atoms with E-state index in [1.807, 2.05) is 0 Å². The maximum Gasteiger partial charge on any atom is 0.243 e. The third-order valence-electron chi connectivity index (χ3n) is 2.66. The monoisotopic (exact) mass is 304 g/mol. The van der Waals surface area contributed by atoms with Gasteiger partial charge in [-0.3, -0.25) is 4.68 Å². The van der Waals surface area contributed by atoms with Crippen LogP contribution in [-0.2, 0) is 21.3 Å². The Morgan fingerprint density at radius 1 is 1.45 bits per heavy atom. The number of aromatic nitrogens is 2. The molecular weight excluding hydrogens is 280 g/mol. The molecule has 3 N–H and O–H groups in total. The Labute approximate surface area is 120 Å². The molecule has 1 heterocycles. The molecule has 20 heavy (non-hydrogen) atoms. The van der Waals surface area contributed by atoms with E-state index in [4.69, 9.17) is 10.5 Å². The lowest BCUT2D eigenvalue weighted by Crippen LogP contribution is -2.27. The lowest BCUT2D eigenvalue weighted by molar-refractivity contribution is 0.128. The van der Waals surface area contributed by atoms with Crippen molar-refractivity contribution in [2.24, 2.45) is 11.7 Å². The fourth-order valence-corrected chi connectivity index (χ4v) is 2.46. The third-order valence-corrected chi connectivity index (χ3v) is 4.07. The molecule has 0 fully saturated rings. The number of nitrogens with one attached hydrogen (secondary N) is 1. The smallest absolute Gasteiger partial charge is 0.243 e. The highest BCUT2D eigenvalue weighted by atomic mass is 32.2. The molecule has 0 atom stereocenters. The van der Waals surface area contributed by atoms with E-state index in [0.29, 0.717) is 32.2 Å². The zero-order chi connectivity index (χ0) is 15.0. The summed E-state index contributed by atoms with van der Waals surface area (Å²) in [7, 11) is -3.52. The largest absolute Gasteiger partial charge is 0.380 e. The molecule has 0 saturated carbocycles. The molecule has 1 rings (SSSR count). The van der Waals surface area contributed by atoms with Crippen molar-refractivity contribution in [1.82, 2.24) is 14.5 Å². The van der Waals surface area contributed by atoms with E-state index in [1.54, 1.807) is 0 Å². The lowest BCUT2D eigenvalue weighted by atomic mass is 10.1. The summed E-state index contributed by atoms with van der Waals surface area (Å²) in [6, 6.07) is 0. The first kappa shape index (κ1) is 17.1. The van der Waals surface area contributed by atoms with Gasteiger partial charge in [0.25, 0.3) is 0 Å². The second-order valence-corrected chi connectivity index (χ2v) is 6.69. The minimum Gasteiger partial charge on any atom is -0.380 e. The second kappa shape index (κ2) is 8.35. The van der Waals surface area contributed by atoms with Gasteiger partial charge in [-0.25, -0.2) is 13.1 Å². The highest BCUT2D eigenvalue weighted by molar-refractivity contribution is 7.89. The molecule has 0 aliphatic heterocycles. The van der Waals surface area contributed by atoms with Gasteiger partial charge >= 0.3 is 0 Å². The number of hydrogen-bond donors (Lipinski definition) is 2. The third kappa shape index (κ3) is 6.00. The van der Waals surface area contributed by atoms with Gasteiger partial charge < -0.3 is 10.5 Å². The maximum absolute atomic E-state index is 11.9. The zero-order valence-corrected chi connectivity index (χ0v) is 12.9. The number of nitrogens with zero attached hydrogens (tertiary/aromatic N) is 2. The number of ether oxygens (including phenoxy) is 1. The number of rotatable bonds is 10. The average Bonchev–Trinajstić information content (AvgIpc) is 2.83. The Morgan fingerprint density at radius 2 is 2.20 bits per heavy atom. The standard InChI is InChI=1S/C12H24N4O3S/c1-11(2)3-7-19-8-5-15-20(17,18)12-9-14-16(10-12)6-4-13/h9-11,15H,3-8,13H2,1-2H3. The zero-order valence-electron chi connectivity index (χ0n) is 12.1. The minimum atomic E-state index is -3.52. The number of sulfonamides is 1. The van der Waals surface area contributed by atoms with Crippen LogP contribution < -0.4 is 10.5 Å². The summed E-state index contributed by atoms with van der Waals surface area (Å²) in [5, 5.41) is 3.94. The summed E-state index contributed by atoms with van der Waals surface area (Å²) in [5.41, 5.74) is 5.38. The van der Waals surface area contributed by atoms with Gasteiger partial charge in [0.05, 0.1) is 19.3 Å². The summed E-state index contributed by atoms with van der Waals surface area (Å²) in [5.74, 6) is 0.583. The van der Waals surface area contributed by atoms with Crippen LogP contribution in [0.1, 0.15) is 20.3 Å². The normalized spacial score (nSPS) is 12.2. The van der Waals surface area contributed by atoms with E-state index in [1.165, 1.54) is 17.1 Å². The molecule has 0 bridgehead atoms. The summed E-state index contributed by atoms with van der Waals surface area (Å²) < 4.78 is 33.2. The first-order chi connectivity index (χ1) is 9.45. The molecule has 0 saturated heterocycles. The molecule has 0 aliphatic rings. The molecule has 0 unspecified atom stereocenters. The van der Waals surface area contributed by atoms with Crippen molar-refractivity contribution in [3.05, 3.63) is 12.4 Å². The van der Waals surface area contributed by atoms with Gasteiger partial charge in [0, 0.05) is 25.9 Å². The van der Waals surface area contributed by atoms with E-state index >= 15 is 0 Å². The Hall–Kier alpha value is -0.960. The molecule has 8 heteroatoms. The van der Waals surface area contributed by atoms with Gasteiger partial charge in [0.15, 0.2) is 0 Å². The van der Waals surface area contributed by atoms with Crippen LogP contribution in [0.3, 0.4) is 0 Å². The second-order valence-electron chi connectivity index (χ2n) is 4.92. The van der Waals surface area contributed by atoms with E-state index in [-0.39, 0.29) is 11.4 Å². The van der Waals surface area contributed by atoms with Crippen molar-refractivity contribution in [1.29, 1.82) is 0 Å². The van der Waals surface area contributed by atoms with Crippen molar-refractivity contribution >= 4 is 10.0 Å². The molecule has 1 aromatic rings. The van der Waals surface area contributed by atoms with Gasteiger partial charge in [-0.05, 0) is 12.3 Å². The Balaban J connectivity index is 2.33. The topological polar surface area (TPSA) is 99.2 Å². The maximum atomic E-state index is 11.9. The molecule has 116 valence electrons. The summed E-state index contributed by atoms with van der Waals surface area (Å²) in [6.07, 6.45) is 3.75. The van der Waals surface area contributed by atoms with Crippen LogP contribution in [0.15, 0.2) is 17.3 Å². The lowest BCUT2D eigenvalue weighted by Gasteiger charge is -2.07. The number of hydrogen-bond acceptors (Lipinski definition) is 5. The van der Waals surface area contributed by atoms with Crippen LogP contribution in [0.2, 0.25) is 0 Å². The van der Waals surface area contributed by atoms with E-state index in [9.17, 15) is 8.42 Å². The van der Waals surface area contributed by atoms with Crippen LogP contribution in [0.5, 0.6) is 0 Å². The fraction of sp³-hybridized carbons (Fsp3) is 0.750. The Kier molecular flexibility index (Phi) is 7.14. The predicted octanol–water partition coefficient (Wildman–Crippen LogP) is 0.183. The van der Waals surface area contributed by atoms with Crippen LogP contribution in [0.4, 0.5) is 0 Å². The molecule has 0 spiro atoms. The van der Waals surface area contributed by atoms with Crippen LogP contribution in [0.25, 0.3) is 0 Å². The van der Waals surface area contributed by atoms with Crippen LogP contribution in [-0.4, -0.2) is 44.5 Å². The van der Waals surface area contributed by atoms with Gasteiger partial charge in [-0.15, -0.1) is 0 Å². The number of nitrogens with two attached hydrogens (primary N) is 1. The van der Waals surface area contributed by atoms with E-state index in [0.717, 1.165) is 6.42 Å². The first-order valence-electron chi connectivity index (χ1n) is 6.75. The van der Waals surface area contributed by atoms with Crippen molar-refractivity contribution in [3.63, 3.8) is 0 Å². The van der Waals surface area contributed by atoms with Gasteiger partial charge in [0.1, 0.15) is 4.90 Å². The highest BCUT2D eigenvalue weighted by Gasteiger charge is 2.15.